The van der Waals surface area contributed by atoms with E-state index in [-0.39, 0.29) is 12.4 Å². The Hall–Kier alpha value is -0.0600. The van der Waals surface area contributed by atoms with E-state index >= 15 is 0 Å². The lowest BCUT2D eigenvalue weighted by molar-refractivity contribution is -0.00000280. The summed E-state index contributed by atoms with van der Waals surface area (Å²) in [7, 11) is -0.645. The molecule has 0 spiro atoms. The standard InChI is InChI=1S/C11H18P.ClH/c1-4-12(2,3)10-11-8-6-5-7-9-11;/h5-9H,4,10H2,1-3H3;1H/q+1;/p-1. The van der Waals surface area contributed by atoms with Gasteiger partial charge in [-0.2, -0.15) is 0 Å². The van der Waals surface area contributed by atoms with Crippen molar-refractivity contribution in [3.63, 3.8) is 0 Å². The van der Waals surface area contributed by atoms with E-state index in [9.17, 15) is 0 Å². The minimum Gasteiger partial charge on any atom is -1.00 e. The Morgan fingerprint density at radius 3 is 2.08 bits per heavy atom. The third kappa shape index (κ3) is 4.64. The van der Waals surface area contributed by atoms with E-state index in [2.05, 4.69) is 50.6 Å². The van der Waals surface area contributed by atoms with Gasteiger partial charge in [-0.15, -0.1) is 0 Å². The monoisotopic (exact) mass is 216 g/mol. The van der Waals surface area contributed by atoms with Gasteiger partial charge in [0.05, 0.1) is 12.3 Å². The molecule has 1 aromatic rings. The quantitative estimate of drug-likeness (QED) is 0.646. The van der Waals surface area contributed by atoms with Crippen molar-refractivity contribution in [2.75, 3.05) is 19.5 Å². The number of rotatable bonds is 3. The van der Waals surface area contributed by atoms with Crippen molar-refractivity contribution in [1.82, 2.24) is 0 Å². The molecule has 0 radical (unpaired) electrons. The van der Waals surface area contributed by atoms with E-state index in [1.807, 2.05) is 0 Å². The Morgan fingerprint density at radius 2 is 1.62 bits per heavy atom. The average Bonchev–Trinajstić information content (AvgIpc) is 2.06. The predicted octanol–water partition coefficient (Wildman–Crippen LogP) is 0.488. The summed E-state index contributed by atoms with van der Waals surface area (Å²) < 4.78 is 0. The molecule has 0 aliphatic heterocycles. The van der Waals surface area contributed by atoms with Gasteiger partial charge in [-0.1, -0.05) is 30.3 Å². The van der Waals surface area contributed by atoms with Crippen molar-refractivity contribution < 1.29 is 12.4 Å². The summed E-state index contributed by atoms with van der Waals surface area (Å²) in [4.78, 5) is 0. The molecule has 1 rings (SSSR count). The molecule has 0 N–H and O–H groups in total. The molecule has 13 heavy (non-hydrogen) atoms. The summed E-state index contributed by atoms with van der Waals surface area (Å²) in [5, 5.41) is 0. The zero-order valence-electron chi connectivity index (χ0n) is 8.63. The molecule has 0 aromatic heterocycles. The Kier molecular flexibility index (Phi) is 5.60. The third-order valence-electron chi connectivity index (χ3n) is 2.31. The number of hydrogen-bond acceptors (Lipinski definition) is 0. The van der Waals surface area contributed by atoms with Gasteiger partial charge in [0.25, 0.3) is 0 Å². The summed E-state index contributed by atoms with van der Waals surface area (Å²) in [6.07, 6.45) is 2.65. The first-order valence-corrected chi connectivity index (χ1v) is 7.55. The smallest absolute Gasteiger partial charge is 0.0837 e. The van der Waals surface area contributed by atoms with Crippen LogP contribution < -0.4 is 12.4 Å². The summed E-state index contributed by atoms with van der Waals surface area (Å²) in [5.41, 5.74) is 1.50. The van der Waals surface area contributed by atoms with Gasteiger partial charge in [0.1, 0.15) is 0 Å². The van der Waals surface area contributed by atoms with Gasteiger partial charge in [-0.25, -0.2) is 0 Å². The van der Waals surface area contributed by atoms with Crippen LogP contribution in [0.1, 0.15) is 12.5 Å². The van der Waals surface area contributed by atoms with Crippen LogP contribution in [-0.2, 0) is 6.16 Å². The zero-order chi connectivity index (χ0) is 9.03. The first-order valence-electron chi connectivity index (χ1n) is 4.50. The Balaban J connectivity index is 0.00000144. The van der Waals surface area contributed by atoms with Crippen LogP contribution in [0.3, 0.4) is 0 Å². The Bertz CT molecular complexity index is 231. The van der Waals surface area contributed by atoms with E-state index in [0.717, 1.165) is 0 Å². The SMILES string of the molecule is CC[P+](C)(C)Cc1ccccc1.[Cl-]. The van der Waals surface area contributed by atoms with E-state index < -0.39 is 7.26 Å². The van der Waals surface area contributed by atoms with Gasteiger partial charge < -0.3 is 12.4 Å². The fraction of sp³-hybridized carbons (Fsp3) is 0.455. The molecule has 0 fully saturated rings. The summed E-state index contributed by atoms with van der Waals surface area (Å²) in [5.74, 6) is 0. The second kappa shape index (κ2) is 5.62. The Labute approximate surface area is 88.5 Å². The lowest BCUT2D eigenvalue weighted by atomic mass is 10.2. The molecular formula is C11H18ClP. The van der Waals surface area contributed by atoms with E-state index in [1.165, 1.54) is 17.9 Å². The van der Waals surface area contributed by atoms with Crippen LogP contribution in [-0.4, -0.2) is 19.5 Å². The maximum atomic E-state index is 2.43. The van der Waals surface area contributed by atoms with Gasteiger partial charge in [0, 0.05) is 20.6 Å². The van der Waals surface area contributed by atoms with Gasteiger partial charge in [-0.05, 0) is 12.5 Å². The lowest BCUT2D eigenvalue weighted by Gasteiger charge is -2.15. The van der Waals surface area contributed by atoms with Gasteiger partial charge in [0.15, 0.2) is 0 Å². The maximum absolute atomic E-state index is 2.43. The molecule has 0 nitrogen and oxygen atoms in total. The number of benzene rings is 1. The van der Waals surface area contributed by atoms with Crippen LogP contribution in [0.15, 0.2) is 30.3 Å². The normalized spacial score (nSPS) is 10.7. The molecule has 0 amide bonds. The second-order valence-electron chi connectivity index (χ2n) is 3.90. The zero-order valence-corrected chi connectivity index (χ0v) is 10.3. The highest BCUT2D eigenvalue weighted by Gasteiger charge is 2.21. The van der Waals surface area contributed by atoms with Crippen LogP contribution in [0.25, 0.3) is 0 Å². The lowest BCUT2D eigenvalue weighted by Crippen LogP contribution is -3.00. The van der Waals surface area contributed by atoms with Gasteiger partial charge in [0.2, 0.25) is 0 Å². The van der Waals surface area contributed by atoms with Gasteiger partial charge in [-0.3, -0.25) is 0 Å². The van der Waals surface area contributed by atoms with Crippen molar-refractivity contribution in [2.45, 2.75) is 13.1 Å². The van der Waals surface area contributed by atoms with Crippen molar-refractivity contribution in [1.29, 1.82) is 0 Å². The summed E-state index contributed by atoms with van der Waals surface area (Å²) in [6, 6.07) is 10.8. The molecule has 74 valence electrons. The number of halogens is 1. The maximum Gasteiger partial charge on any atom is 0.0837 e. The highest BCUT2D eigenvalue weighted by molar-refractivity contribution is 7.73. The topological polar surface area (TPSA) is 0 Å². The molecule has 0 bridgehead atoms. The minimum atomic E-state index is -0.645. The largest absolute Gasteiger partial charge is 1.00 e. The highest BCUT2D eigenvalue weighted by Crippen LogP contribution is 2.53. The summed E-state index contributed by atoms with van der Waals surface area (Å²) in [6.45, 7) is 7.16. The van der Waals surface area contributed by atoms with Crippen molar-refractivity contribution in [3.8, 4) is 0 Å². The Morgan fingerprint density at radius 1 is 1.08 bits per heavy atom. The molecule has 0 aliphatic rings. The van der Waals surface area contributed by atoms with Gasteiger partial charge >= 0.3 is 0 Å². The average molecular weight is 217 g/mol. The molecule has 0 aliphatic carbocycles. The third-order valence-corrected chi connectivity index (χ3v) is 5.24. The molecule has 0 atom stereocenters. The fourth-order valence-corrected chi connectivity index (χ4v) is 2.61. The van der Waals surface area contributed by atoms with Crippen LogP contribution in [0.5, 0.6) is 0 Å². The second-order valence-corrected chi connectivity index (χ2v) is 8.72. The van der Waals surface area contributed by atoms with Crippen molar-refractivity contribution in [3.05, 3.63) is 35.9 Å². The van der Waals surface area contributed by atoms with Crippen LogP contribution in [0.4, 0.5) is 0 Å². The summed E-state index contributed by atoms with van der Waals surface area (Å²) >= 11 is 0. The molecule has 1 aromatic carbocycles. The molecule has 0 heterocycles. The number of hydrogen-bond donors (Lipinski definition) is 0. The first-order chi connectivity index (χ1) is 5.64. The molecule has 0 unspecified atom stereocenters. The molecule has 2 heteroatoms. The van der Waals surface area contributed by atoms with E-state index in [4.69, 9.17) is 0 Å². The van der Waals surface area contributed by atoms with Crippen LogP contribution in [0.2, 0.25) is 0 Å². The van der Waals surface area contributed by atoms with Crippen LogP contribution >= 0.6 is 7.26 Å². The first kappa shape index (κ1) is 12.9. The van der Waals surface area contributed by atoms with Crippen molar-refractivity contribution >= 4 is 7.26 Å². The molecular weight excluding hydrogens is 199 g/mol. The van der Waals surface area contributed by atoms with E-state index in [1.54, 1.807) is 0 Å². The van der Waals surface area contributed by atoms with E-state index in [0.29, 0.717) is 0 Å². The minimum absolute atomic E-state index is 0. The van der Waals surface area contributed by atoms with Crippen molar-refractivity contribution in [2.24, 2.45) is 0 Å². The van der Waals surface area contributed by atoms with Crippen LogP contribution in [0, 0.1) is 0 Å². The predicted molar refractivity (Wildman–Crippen MR) is 59.5 cm³/mol. The molecule has 0 saturated heterocycles. The fourth-order valence-electron chi connectivity index (χ4n) is 1.19. The molecule has 0 saturated carbocycles. The highest BCUT2D eigenvalue weighted by atomic mass is 35.5.